The van der Waals surface area contributed by atoms with Gasteiger partial charge in [-0.05, 0) is 6.42 Å². The summed E-state index contributed by atoms with van der Waals surface area (Å²) in [5, 5.41) is 0. The number of hydrogen-bond acceptors (Lipinski definition) is 5. The Bertz CT molecular complexity index is 484. The van der Waals surface area contributed by atoms with E-state index in [1.165, 1.54) is 89.9 Å². The Balaban J connectivity index is 1.78. The molecule has 1 atom stereocenters. The van der Waals surface area contributed by atoms with Crippen LogP contribution in [0, 0.1) is 0 Å². The van der Waals surface area contributed by atoms with Gasteiger partial charge in [-0.2, -0.15) is 0 Å². The summed E-state index contributed by atoms with van der Waals surface area (Å²) in [5.74, 6) is -0.958. The lowest BCUT2D eigenvalue weighted by Crippen LogP contribution is -2.15. The molecule has 0 amide bonds. The largest absolute Gasteiger partial charge is 0.463 e. The molecule has 0 aromatic rings. The molecule has 0 N–H and O–H groups in total. The quantitative estimate of drug-likeness (QED) is 0.0816. The van der Waals surface area contributed by atoms with E-state index in [2.05, 4.69) is 13.5 Å². The van der Waals surface area contributed by atoms with Gasteiger partial charge >= 0.3 is 11.9 Å². The third-order valence-electron chi connectivity index (χ3n) is 5.71. The van der Waals surface area contributed by atoms with Crippen molar-refractivity contribution in [3.8, 4) is 0 Å². The fraction of sp³-hybridized carbons (Fsp3) is 0.846. The molecule has 1 aliphatic rings. The van der Waals surface area contributed by atoms with Gasteiger partial charge in [-0.25, -0.2) is 4.79 Å². The van der Waals surface area contributed by atoms with Crippen LogP contribution in [-0.2, 0) is 23.8 Å². The average Bonchev–Trinajstić information content (AvgIpc) is 3.59. The first-order valence-corrected chi connectivity index (χ1v) is 12.8. The Kier molecular flexibility index (Phi) is 17.3. The summed E-state index contributed by atoms with van der Waals surface area (Å²) in [4.78, 5) is 23.4. The van der Waals surface area contributed by atoms with Crippen LogP contribution in [0.2, 0.25) is 0 Å². The molecule has 0 bridgehead atoms. The van der Waals surface area contributed by atoms with Gasteiger partial charge in [0.05, 0.1) is 19.6 Å². The molecule has 1 rings (SSSR count). The van der Waals surface area contributed by atoms with Gasteiger partial charge in [0.2, 0.25) is 0 Å². The van der Waals surface area contributed by atoms with Gasteiger partial charge in [-0.1, -0.05) is 110 Å². The molecule has 1 saturated heterocycles. The highest BCUT2D eigenvalue weighted by Crippen LogP contribution is 2.14. The molecular formula is C26H46O5. The van der Waals surface area contributed by atoms with Crippen LogP contribution in [0.5, 0.6) is 0 Å². The molecule has 0 saturated carbocycles. The topological polar surface area (TPSA) is 65.1 Å². The second kappa shape index (κ2) is 19.3. The van der Waals surface area contributed by atoms with Crippen LogP contribution < -0.4 is 0 Å². The lowest BCUT2D eigenvalue weighted by atomic mass is 10.0. The third kappa shape index (κ3) is 18.0. The molecule has 31 heavy (non-hydrogen) atoms. The molecule has 0 aromatic carbocycles. The fourth-order valence-electron chi connectivity index (χ4n) is 3.56. The van der Waals surface area contributed by atoms with Gasteiger partial charge in [0.15, 0.2) is 0 Å². The maximum atomic E-state index is 11.8. The van der Waals surface area contributed by atoms with Crippen molar-refractivity contribution in [2.24, 2.45) is 0 Å². The van der Waals surface area contributed by atoms with Crippen molar-refractivity contribution < 1.29 is 23.8 Å². The van der Waals surface area contributed by atoms with E-state index in [4.69, 9.17) is 14.2 Å². The Morgan fingerprint density at radius 2 is 1.23 bits per heavy atom. The zero-order valence-corrected chi connectivity index (χ0v) is 20.0. The van der Waals surface area contributed by atoms with Gasteiger partial charge in [-0.3, -0.25) is 4.79 Å². The summed E-state index contributed by atoms with van der Waals surface area (Å²) in [6, 6.07) is 0. The van der Waals surface area contributed by atoms with Crippen molar-refractivity contribution in [2.75, 3.05) is 19.8 Å². The predicted octanol–water partition coefficient (Wildman–Crippen LogP) is 6.68. The van der Waals surface area contributed by atoms with Crippen LogP contribution in [-0.4, -0.2) is 37.9 Å². The molecule has 0 radical (unpaired) electrons. The summed E-state index contributed by atoms with van der Waals surface area (Å²) >= 11 is 0. The average molecular weight is 439 g/mol. The van der Waals surface area contributed by atoms with Gasteiger partial charge < -0.3 is 14.2 Å². The molecule has 180 valence electrons. The van der Waals surface area contributed by atoms with Crippen molar-refractivity contribution in [1.82, 2.24) is 0 Å². The van der Waals surface area contributed by atoms with Gasteiger partial charge in [-0.15, -0.1) is 0 Å². The molecule has 5 nitrogen and oxygen atoms in total. The standard InChI is InChI=1S/C26H46O5/c1-3-4-5-6-7-8-9-10-11-12-13-14-15-16-17-18-19-29-26(28)23(2)20-25(27)31-22-24-21-30-24/h24H,2-22H2,1H3. The smallest absolute Gasteiger partial charge is 0.333 e. The highest BCUT2D eigenvalue weighted by Gasteiger charge is 2.24. The number of esters is 2. The molecule has 1 fully saturated rings. The molecule has 1 heterocycles. The van der Waals surface area contributed by atoms with Crippen LogP contribution >= 0.6 is 0 Å². The van der Waals surface area contributed by atoms with E-state index in [1.807, 2.05) is 0 Å². The highest BCUT2D eigenvalue weighted by atomic mass is 16.6. The Hall–Kier alpha value is -1.36. The minimum atomic E-state index is -0.499. The molecule has 1 aliphatic heterocycles. The molecule has 0 spiro atoms. The molecule has 0 aliphatic carbocycles. The maximum Gasteiger partial charge on any atom is 0.333 e. The molecule has 0 aromatic heterocycles. The first-order chi connectivity index (χ1) is 15.1. The summed E-state index contributed by atoms with van der Waals surface area (Å²) in [7, 11) is 0. The van der Waals surface area contributed by atoms with Gasteiger partial charge in [0.1, 0.15) is 12.7 Å². The van der Waals surface area contributed by atoms with Crippen molar-refractivity contribution in [1.29, 1.82) is 0 Å². The number of hydrogen-bond donors (Lipinski definition) is 0. The van der Waals surface area contributed by atoms with E-state index in [9.17, 15) is 9.59 Å². The molecule has 5 heteroatoms. The van der Waals surface area contributed by atoms with E-state index in [1.54, 1.807) is 0 Å². The normalized spacial score (nSPS) is 14.9. The number of rotatable bonds is 22. The number of ether oxygens (including phenoxy) is 3. The second-order valence-corrected chi connectivity index (χ2v) is 8.86. The van der Waals surface area contributed by atoms with E-state index in [0.29, 0.717) is 13.2 Å². The SMILES string of the molecule is C=C(CC(=O)OCC1CO1)C(=O)OCCCCCCCCCCCCCCCCCC. The monoisotopic (exact) mass is 438 g/mol. The maximum absolute atomic E-state index is 11.8. The lowest BCUT2D eigenvalue weighted by Gasteiger charge is -2.07. The number of unbranched alkanes of at least 4 members (excludes halogenated alkanes) is 15. The van der Waals surface area contributed by atoms with E-state index >= 15 is 0 Å². The summed E-state index contributed by atoms with van der Waals surface area (Å²) in [6.45, 7) is 7.17. The minimum Gasteiger partial charge on any atom is -0.463 e. The lowest BCUT2D eigenvalue weighted by molar-refractivity contribution is -0.146. The molecule has 1 unspecified atom stereocenters. The van der Waals surface area contributed by atoms with Gasteiger partial charge in [0, 0.05) is 5.57 Å². The van der Waals surface area contributed by atoms with Crippen LogP contribution in [0.25, 0.3) is 0 Å². The Labute approximate surface area is 190 Å². The van der Waals surface area contributed by atoms with E-state index in [-0.39, 0.29) is 24.7 Å². The van der Waals surface area contributed by atoms with E-state index in [0.717, 1.165) is 12.8 Å². The third-order valence-corrected chi connectivity index (χ3v) is 5.71. The summed E-state index contributed by atoms with van der Waals surface area (Å²) < 4.78 is 15.1. The first kappa shape index (κ1) is 27.7. The van der Waals surface area contributed by atoms with E-state index < -0.39 is 11.9 Å². The fourth-order valence-corrected chi connectivity index (χ4v) is 3.56. The zero-order valence-electron chi connectivity index (χ0n) is 20.0. The summed E-state index contributed by atoms with van der Waals surface area (Å²) in [6.07, 6.45) is 20.9. The van der Waals surface area contributed by atoms with Crippen molar-refractivity contribution in [2.45, 2.75) is 122 Å². The highest BCUT2D eigenvalue weighted by molar-refractivity contribution is 5.93. The predicted molar refractivity (Wildman–Crippen MR) is 125 cm³/mol. The van der Waals surface area contributed by atoms with Crippen LogP contribution in [0.3, 0.4) is 0 Å². The van der Waals surface area contributed by atoms with Crippen LogP contribution in [0.1, 0.15) is 116 Å². The van der Waals surface area contributed by atoms with Gasteiger partial charge in [0.25, 0.3) is 0 Å². The first-order valence-electron chi connectivity index (χ1n) is 12.8. The van der Waals surface area contributed by atoms with Crippen molar-refractivity contribution in [3.05, 3.63) is 12.2 Å². The van der Waals surface area contributed by atoms with Crippen LogP contribution in [0.4, 0.5) is 0 Å². The number of epoxide rings is 1. The molecular weight excluding hydrogens is 392 g/mol. The Morgan fingerprint density at radius 1 is 0.774 bits per heavy atom. The Morgan fingerprint density at radius 3 is 1.68 bits per heavy atom. The number of carbonyl (C=O) groups is 2. The zero-order chi connectivity index (χ0) is 22.6. The van der Waals surface area contributed by atoms with Crippen molar-refractivity contribution >= 4 is 11.9 Å². The van der Waals surface area contributed by atoms with Crippen molar-refractivity contribution in [3.63, 3.8) is 0 Å². The number of carbonyl (C=O) groups excluding carboxylic acids is 2. The minimum absolute atomic E-state index is 0.0269. The van der Waals surface area contributed by atoms with Crippen LogP contribution in [0.15, 0.2) is 12.2 Å². The summed E-state index contributed by atoms with van der Waals surface area (Å²) in [5.41, 5.74) is 0.151. The second-order valence-electron chi connectivity index (χ2n) is 8.86.